The van der Waals surface area contributed by atoms with Crippen LogP contribution in [0, 0.1) is 11.3 Å². The molecule has 0 fully saturated rings. The summed E-state index contributed by atoms with van der Waals surface area (Å²) in [6.07, 6.45) is 2.80. The molecule has 0 saturated heterocycles. The van der Waals surface area contributed by atoms with Crippen LogP contribution in [0.1, 0.15) is 57.5 Å². The second kappa shape index (κ2) is 6.02. The van der Waals surface area contributed by atoms with E-state index < -0.39 is 0 Å². The normalized spacial score (nSPS) is 19.0. The lowest BCUT2D eigenvalue weighted by atomic mass is 9.81. The van der Waals surface area contributed by atoms with Gasteiger partial charge >= 0.3 is 0 Å². The standard InChI is InChI=1S/C17H26N4S/c1-7-21(8-2)11-19-15-13(10-18)12-9-16(3,4)20-17(5,6)14(12)22-15/h11,20H,7-9H2,1-6H3/p+1. The first kappa shape index (κ1) is 17.0. The van der Waals surface area contributed by atoms with Crippen molar-refractivity contribution in [3.63, 3.8) is 0 Å². The van der Waals surface area contributed by atoms with Gasteiger partial charge in [0.25, 0.3) is 0 Å². The molecule has 22 heavy (non-hydrogen) atoms. The molecule has 1 aromatic heterocycles. The molecule has 0 spiro atoms. The van der Waals surface area contributed by atoms with E-state index >= 15 is 0 Å². The van der Waals surface area contributed by atoms with Crippen molar-refractivity contribution < 1.29 is 5.32 Å². The van der Waals surface area contributed by atoms with E-state index in [9.17, 15) is 5.26 Å². The minimum Gasteiger partial charge on any atom is -0.363 e. The molecule has 120 valence electrons. The van der Waals surface area contributed by atoms with Crippen LogP contribution < -0.4 is 5.32 Å². The highest BCUT2D eigenvalue weighted by Gasteiger charge is 2.44. The monoisotopic (exact) mass is 319 g/mol. The van der Waals surface area contributed by atoms with Crippen LogP contribution in [0.4, 0.5) is 5.00 Å². The van der Waals surface area contributed by atoms with Gasteiger partial charge in [-0.2, -0.15) is 5.26 Å². The molecular formula is C17H27N4S+. The minimum absolute atomic E-state index is 0.00365. The summed E-state index contributed by atoms with van der Waals surface area (Å²) < 4.78 is 0. The van der Waals surface area contributed by atoms with Crippen molar-refractivity contribution in [1.82, 2.24) is 4.90 Å². The van der Waals surface area contributed by atoms with Crippen LogP contribution in [0.2, 0.25) is 0 Å². The quantitative estimate of drug-likeness (QED) is 0.685. The summed E-state index contributed by atoms with van der Waals surface area (Å²) in [5, 5.41) is 12.9. The zero-order valence-corrected chi connectivity index (χ0v) is 15.3. The van der Waals surface area contributed by atoms with E-state index in [0.717, 1.165) is 30.1 Å². The molecule has 1 aromatic rings. The zero-order chi connectivity index (χ0) is 16.5. The van der Waals surface area contributed by atoms with Gasteiger partial charge in [-0.3, -0.25) is 0 Å². The van der Waals surface area contributed by atoms with E-state index in [4.69, 9.17) is 0 Å². The maximum atomic E-state index is 9.64. The van der Waals surface area contributed by atoms with E-state index in [0.29, 0.717) is 0 Å². The first-order chi connectivity index (χ1) is 10.2. The Hall–Kier alpha value is -1.38. The third-order valence-electron chi connectivity index (χ3n) is 4.22. The Kier molecular flexibility index (Phi) is 4.65. The summed E-state index contributed by atoms with van der Waals surface area (Å²) in [6, 6.07) is 2.40. The van der Waals surface area contributed by atoms with Crippen LogP contribution in [-0.2, 0) is 12.0 Å². The van der Waals surface area contributed by atoms with Crippen LogP contribution in [0.25, 0.3) is 0 Å². The number of nitriles is 1. The molecule has 0 atom stereocenters. The molecule has 0 aromatic carbocycles. The third kappa shape index (κ3) is 3.18. The van der Waals surface area contributed by atoms with Crippen LogP contribution in [-0.4, -0.2) is 29.9 Å². The molecule has 0 bridgehead atoms. The van der Waals surface area contributed by atoms with Crippen LogP contribution in [0.15, 0.2) is 4.99 Å². The van der Waals surface area contributed by atoms with E-state index in [1.54, 1.807) is 11.3 Å². The Bertz CT molecular complexity index is 615. The lowest BCUT2D eigenvalue weighted by Crippen LogP contribution is -3.03. The van der Waals surface area contributed by atoms with Gasteiger partial charge in [0, 0.05) is 19.5 Å². The fraction of sp³-hybridized carbons (Fsp3) is 0.647. The van der Waals surface area contributed by atoms with Gasteiger partial charge in [-0.1, -0.05) is 0 Å². The Morgan fingerprint density at radius 3 is 2.50 bits per heavy atom. The predicted molar refractivity (Wildman–Crippen MR) is 92.8 cm³/mol. The van der Waals surface area contributed by atoms with Crippen molar-refractivity contribution in [2.24, 2.45) is 4.99 Å². The van der Waals surface area contributed by atoms with Crippen molar-refractivity contribution in [2.45, 2.75) is 59.0 Å². The molecule has 0 saturated carbocycles. The van der Waals surface area contributed by atoms with Gasteiger partial charge in [-0.15, -0.1) is 11.3 Å². The molecule has 0 amide bonds. The lowest BCUT2D eigenvalue weighted by Gasteiger charge is -2.38. The van der Waals surface area contributed by atoms with Gasteiger partial charge in [0.2, 0.25) is 0 Å². The fourth-order valence-corrected chi connectivity index (χ4v) is 4.60. The Morgan fingerprint density at radius 2 is 1.95 bits per heavy atom. The molecule has 2 N–H and O–H groups in total. The van der Waals surface area contributed by atoms with Crippen molar-refractivity contribution in [1.29, 1.82) is 5.26 Å². The molecule has 4 nitrogen and oxygen atoms in total. The SMILES string of the molecule is CCN(C=Nc1sc2c(c1C#N)CC(C)(C)[NH2+]C2(C)C)CC. The highest BCUT2D eigenvalue weighted by Crippen LogP contribution is 2.42. The summed E-state index contributed by atoms with van der Waals surface area (Å²) in [7, 11) is 0. The first-order valence-electron chi connectivity index (χ1n) is 7.95. The van der Waals surface area contributed by atoms with Crippen LogP contribution in [0.5, 0.6) is 0 Å². The number of nitrogens with zero attached hydrogens (tertiary/aromatic N) is 3. The second-order valence-corrected chi connectivity index (χ2v) is 8.20. The zero-order valence-electron chi connectivity index (χ0n) is 14.5. The highest BCUT2D eigenvalue weighted by atomic mass is 32.1. The van der Waals surface area contributed by atoms with Crippen molar-refractivity contribution >= 4 is 22.7 Å². The topological polar surface area (TPSA) is 56.0 Å². The fourth-order valence-electron chi connectivity index (χ4n) is 3.42. The van der Waals surface area contributed by atoms with Gasteiger partial charge in [-0.05, 0) is 47.1 Å². The lowest BCUT2D eigenvalue weighted by molar-refractivity contribution is -0.789. The summed E-state index contributed by atoms with van der Waals surface area (Å²) in [4.78, 5) is 8.06. The Morgan fingerprint density at radius 1 is 1.32 bits per heavy atom. The molecular weight excluding hydrogens is 292 g/mol. The van der Waals surface area contributed by atoms with E-state index in [1.165, 1.54) is 10.4 Å². The van der Waals surface area contributed by atoms with E-state index in [-0.39, 0.29) is 11.1 Å². The summed E-state index contributed by atoms with van der Waals surface area (Å²) in [5.74, 6) is 0. The second-order valence-electron chi connectivity index (χ2n) is 7.20. The number of fused-ring (bicyclic) bond motifs is 1. The number of thiophene rings is 1. The van der Waals surface area contributed by atoms with Crippen molar-refractivity contribution in [2.75, 3.05) is 13.1 Å². The van der Waals surface area contributed by atoms with E-state index in [2.05, 4.69) is 62.8 Å². The van der Waals surface area contributed by atoms with Gasteiger partial charge in [-0.25, -0.2) is 4.99 Å². The molecule has 0 radical (unpaired) electrons. The maximum Gasteiger partial charge on any atom is 0.136 e. The van der Waals surface area contributed by atoms with Gasteiger partial charge in [0.05, 0.1) is 22.3 Å². The van der Waals surface area contributed by atoms with E-state index in [1.807, 2.05) is 6.34 Å². The summed E-state index contributed by atoms with van der Waals surface area (Å²) >= 11 is 1.68. The van der Waals surface area contributed by atoms with Crippen LogP contribution in [0.3, 0.4) is 0 Å². The first-order valence-corrected chi connectivity index (χ1v) is 8.77. The molecule has 1 aliphatic heterocycles. The number of aliphatic imine (C=N–C) groups is 1. The third-order valence-corrected chi connectivity index (χ3v) is 5.70. The molecule has 2 rings (SSSR count). The Balaban J connectivity index is 2.48. The van der Waals surface area contributed by atoms with Crippen molar-refractivity contribution in [3.8, 4) is 6.07 Å². The maximum absolute atomic E-state index is 9.64. The Labute approximate surface area is 137 Å². The largest absolute Gasteiger partial charge is 0.363 e. The summed E-state index contributed by atoms with van der Waals surface area (Å²) in [6.45, 7) is 15.1. The number of rotatable bonds is 4. The van der Waals surface area contributed by atoms with Gasteiger partial charge in [0.15, 0.2) is 0 Å². The molecule has 2 heterocycles. The smallest absolute Gasteiger partial charge is 0.136 e. The summed E-state index contributed by atoms with van der Waals surface area (Å²) in [5.41, 5.74) is 2.09. The molecule has 1 aliphatic rings. The number of hydrogen-bond donors (Lipinski definition) is 1. The van der Waals surface area contributed by atoms with Crippen LogP contribution >= 0.6 is 11.3 Å². The highest BCUT2D eigenvalue weighted by molar-refractivity contribution is 7.16. The van der Waals surface area contributed by atoms with Crippen molar-refractivity contribution in [3.05, 3.63) is 16.0 Å². The van der Waals surface area contributed by atoms with Gasteiger partial charge < -0.3 is 10.2 Å². The molecule has 0 unspecified atom stereocenters. The predicted octanol–water partition coefficient (Wildman–Crippen LogP) is 2.75. The number of hydrogen-bond acceptors (Lipinski definition) is 3. The number of nitrogens with two attached hydrogens (primary N) is 1. The average Bonchev–Trinajstić information content (AvgIpc) is 2.76. The minimum atomic E-state index is -0.00365. The molecule has 0 aliphatic carbocycles. The molecule has 5 heteroatoms. The number of quaternary nitrogens is 1. The van der Waals surface area contributed by atoms with Gasteiger partial charge in [0.1, 0.15) is 16.6 Å². The average molecular weight is 319 g/mol.